The van der Waals surface area contributed by atoms with E-state index in [1.165, 1.54) is 12.1 Å². The zero-order valence-corrected chi connectivity index (χ0v) is 21.2. The van der Waals surface area contributed by atoms with E-state index in [2.05, 4.69) is 39.6 Å². The Morgan fingerprint density at radius 3 is 2.28 bits per heavy atom. The first kappa shape index (κ1) is 24.6. The van der Waals surface area contributed by atoms with Gasteiger partial charge in [0.15, 0.2) is 5.82 Å². The van der Waals surface area contributed by atoms with Gasteiger partial charge in [-0.05, 0) is 49.2 Å². The number of imidazole rings is 1. The van der Waals surface area contributed by atoms with Crippen LogP contribution in [0, 0.1) is 0 Å². The molecule has 0 unspecified atom stereocenters. The van der Waals surface area contributed by atoms with Crippen molar-refractivity contribution in [2.75, 3.05) is 0 Å². The van der Waals surface area contributed by atoms with Crippen molar-refractivity contribution in [3.63, 3.8) is 0 Å². The standard InChI is InChI=1S/C24H25F3N4.Na/c1-14(2)31-20(13-21(30-31)23(3,4)5)22-28-18-11-10-15(12-19(18)29-22)16-8-6-7-9-17(16)24(25,26)27;/h6-14H,1-5H3,(H,28,29);. The van der Waals surface area contributed by atoms with Crippen molar-refractivity contribution < 1.29 is 13.2 Å². The van der Waals surface area contributed by atoms with Crippen molar-refractivity contribution in [1.29, 1.82) is 0 Å². The van der Waals surface area contributed by atoms with Gasteiger partial charge in [-0.3, -0.25) is 4.68 Å². The van der Waals surface area contributed by atoms with E-state index in [0.29, 0.717) is 16.9 Å². The number of halogens is 3. The van der Waals surface area contributed by atoms with Crippen LogP contribution in [-0.2, 0) is 11.6 Å². The summed E-state index contributed by atoms with van der Waals surface area (Å²) in [4.78, 5) is 8.00. The first-order valence-corrected chi connectivity index (χ1v) is 10.2. The number of aromatic amines is 1. The Morgan fingerprint density at radius 1 is 0.969 bits per heavy atom. The molecule has 0 aliphatic carbocycles. The molecule has 0 spiro atoms. The predicted molar refractivity (Wildman–Crippen MR) is 123 cm³/mol. The van der Waals surface area contributed by atoms with Crippen LogP contribution in [0.4, 0.5) is 13.2 Å². The SMILES string of the molecule is CC(C)n1nc(C(C)(C)C)cc1-c1nc2cc(-c3ccccc3C(F)(F)F)ccc2[nH]1.[Na]. The molecule has 0 aliphatic heterocycles. The summed E-state index contributed by atoms with van der Waals surface area (Å²) in [5.41, 5.74) is 3.03. The van der Waals surface area contributed by atoms with E-state index < -0.39 is 11.7 Å². The van der Waals surface area contributed by atoms with Crippen LogP contribution in [0.15, 0.2) is 48.5 Å². The first-order valence-electron chi connectivity index (χ1n) is 10.2. The van der Waals surface area contributed by atoms with Crippen molar-refractivity contribution >= 4 is 40.6 Å². The number of hydrogen-bond donors (Lipinski definition) is 1. The van der Waals surface area contributed by atoms with Crippen LogP contribution >= 0.6 is 0 Å². The number of H-pyrrole nitrogens is 1. The second kappa shape index (κ2) is 8.69. The zero-order valence-electron chi connectivity index (χ0n) is 19.2. The molecule has 2 aromatic carbocycles. The summed E-state index contributed by atoms with van der Waals surface area (Å²) in [5, 5.41) is 4.76. The minimum atomic E-state index is -4.42. The molecule has 0 saturated carbocycles. The van der Waals surface area contributed by atoms with Gasteiger partial charge in [-0.15, -0.1) is 0 Å². The number of benzene rings is 2. The third-order valence-corrected chi connectivity index (χ3v) is 5.26. The van der Waals surface area contributed by atoms with Crippen molar-refractivity contribution in [2.45, 2.75) is 52.3 Å². The molecule has 0 saturated heterocycles. The van der Waals surface area contributed by atoms with E-state index in [4.69, 9.17) is 10.1 Å². The molecule has 4 aromatic rings. The number of rotatable bonds is 3. The largest absolute Gasteiger partial charge is 0.417 e. The van der Waals surface area contributed by atoms with Gasteiger partial charge in [-0.25, -0.2) is 4.98 Å². The molecule has 0 fully saturated rings. The molecule has 4 nitrogen and oxygen atoms in total. The van der Waals surface area contributed by atoms with Gasteiger partial charge in [-0.1, -0.05) is 45.0 Å². The molecule has 163 valence electrons. The number of nitrogens with one attached hydrogen (secondary N) is 1. The maximum absolute atomic E-state index is 13.5. The molecular formula is C24H25F3N4Na. The summed E-state index contributed by atoms with van der Waals surface area (Å²) >= 11 is 0. The molecule has 2 aromatic heterocycles. The van der Waals surface area contributed by atoms with Crippen LogP contribution in [0.5, 0.6) is 0 Å². The third kappa shape index (κ3) is 4.65. The molecule has 2 heterocycles. The molecular weight excluding hydrogens is 424 g/mol. The molecule has 4 rings (SSSR count). The van der Waals surface area contributed by atoms with E-state index >= 15 is 0 Å². The van der Waals surface area contributed by atoms with E-state index in [9.17, 15) is 13.2 Å². The molecule has 0 amide bonds. The summed E-state index contributed by atoms with van der Waals surface area (Å²) in [6.45, 7) is 10.4. The molecule has 32 heavy (non-hydrogen) atoms. The fourth-order valence-corrected chi connectivity index (χ4v) is 3.61. The van der Waals surface area contributed by atoms with Crippen molar-refractivity contribution in [1.82, 2.24) is 19.7 Å². The Morgan fingerprint density at radius 2 is 1.66 bits per heavy atom. The summed E-state index contributed by atoms with van der Waals surface area (Å²) in [6.07, 6.45) is -4.42. The van der Waals surface area contributed by atoms with Crippen LogP contribution < -0.4 is 0 Å². The third-order valence-electron chi connectivity index (χ3n) is 5.26. The number of nitrogens with zero attached hydrogens (tertiary/aromatic N) is 3. The van der Waals surface area contributed by atoms with Crippen molar-refractivity contribution in [3.8, 4) is 22.6 Å². The number of hydrogen-bond acceptors (Lipinski definition) is 2. The van der Waals surface area contributed by atoms with Crippen molar-refractivity contribution in [3.05, 3.63) is 59.8 Å². The second-order valence-electron chi connectivity index (χ2n) is 9.06. The average Bonchev–Trinajstić information content (AvgIpc) is 3.30. The minimum absolute atomic E-state index is 0. The predicted octanol–water partition coefficient (Wildman–Crippen LogP) is 6.61. The minimum Gasteiger partial charge on any atom is -0.337 e. The van der Waals surface area contributed by atoms with Crippen LogP contribution in [-0.4, -0.2) is 49.3 Å². The second-order valence-corrected chi connectivity index (χ2v) is 9.06. The Hall–Kier alpha value is -2.09. The van der Waals surface area contributed by atoms with Gasteiger partial charge in [0.2, 0.25) is 0 Å². The summed E-state index contributed by atoms with van der Waals surface area (Å²) in [6, 6.07) is 12.9. The van der Waals surface area contributed by atoms with Gasteiger partial charge < -0.3 is 4.98 Å². The van der Waals surface area contributed by atoms with Crippen LogP contribution in [0.2, 0.25) is 0 Å². The molecule has 0 bridgehead atoms. The molecule has 0 atom stereocenters. The molecule has 1 radical (unpaired) electrons. The molecule has 0 aliphatic rings. The monoisotopic (exact) mass is 449 g/mol. The number of alkyl halides is 3. The van der Waals surface area contributed by atoms with Gasteiger partial charge in [0, 0.05) is 41.0 Å². The van der Waals surface area contributed by atoms with Gasteiger partial charge in [-0.2, -0.15) is 18.3 Å². The Labute approximate surface area is 207 Å². The first-order chi connectivity index (χ1) is 14.4. The smallest absolute Gasteiger partial charge is 0.337 e. The summed E-state index contributed by atoms with van der Waals surface area (Å²) < 4.78 is 42.3. The number of aromatic nitrogens is 4. The van der Waals surface area contributed by atoms with Crippen LogP contribution in [0.3, 0.4) is 0 Å². The zero-order chi connectivity index (χ0) is 22.6. The van der Waals surface area contributed by atoms with Gasteiger partial charge >= 0.3 is 6.18 Å². The van der Waals surface area contributed by atoms with Crippen molar-refractivity contribution in [2.24, 2.45) is 0 Å². The van der Waals surface area contributed by atoms with Gasteiger partial charge in [0.05, 0.1) is 22.3 Å². The fourth-order valence-electron chi connectivity index (χ4n) is 3.61. The maximum Gasteiger partial charge on any atom is 0.417 e. The molecule has 8 heteroatoms. The van der Waals surface area contributed by atoms with Gasteiger partial charge in [0.1, 0.15) is 5.69 Å². The quantitative estimate of drug-likeness (QED) is 0.358. The van der Waals surface area contributed by atoms with Crippen LogP contribution in [0.25, 0.3) is 33.7 Å². The van der Waals surface area contributed by atoms with Crippen LogP contribution in [0.1, 0.15) is 51.9 Å². The van der Waals surface area contributed by atoms with Gasteiger partial charge in [0.25, 0.3) is 0 Å². The Balaban J connectivity index is 0.00000289. The topological polar surface area (TPSA) is 46.5 Å². The average molecular weight is 449 g/mol. The summed E-state index contributed by atoms with van der Waals surface area (Å²) in [7, 11) is 0. The summed E-state index contributed by atoms with van der Waals surface area (Å²) in [5.74, 6) is 0.646. The number of fused-ring (bicyclic) bond motifs is 1. The fraction of sp³-hybridized carbons (Fsp3) is 0.333. The Kier molecular flexibility index (Phi) is 6.67. The van der Waals surface area contributed by atoms with E-state index in [1.54, 1.807) is 24.3 Å². The normalized spacial score (nSPS) is 12.4. The molecule has 1 N–H and O–H groups in total. The Bertz CT molecular complexity index is 1250. The maximum atomic E-state index is 13.5. The van der Waals surface area contributed by atoms with E-state index in [-0.39, 0.29) is 46.6 Å². The van der Waals surface area contributed by atoms with E-state index in [1.807, 2.05) is 10.7 Å². The van der Waals surface area contributed by atoms with E-state index in [0.717, 1.165) is 23.0 Å².